The van der Waals surface area contributed by atoms with Crippen LogP contribution in [0.25, 0.3) is 0 Å². The Kier molecular flexibility index (Phi) is 4.33. The molecule has 0 saturated heterocycles. The van der Waals surface area contributed by atoms with E-state index in [1.165, 1.54) is 18.5 Å². The zero-order valence-electron chi connectivity index (χ0n) is 11.8. The molecule has 1 aromatic rings. The van der Waals surface area contributed by atoms with Gasteiger partial charge in [0.05, 0.1) is 16.4 Å². The van der Waals surface area contributed by atoms with Crippen molar-refractivity contribution in [1.82, 2.24) is 15.1 Å². The Morgan fingerprint density at radius 3 is 2.72 bits per heavy atom. The van der Waals surface area contributed by atoms with Gasteiger partial charge in [0.2, 0.25) is 0 Å². The second kappa shape index (κ2) is 5.62. The van der Waals surface area contributed by atoms with Crippen molar-refractivity contribution in [3.63, 3.8) is 0 Å². The average Bonchev–Trinajstić information content (AvgIpc) is 2.78. The molecule has 0 spiro atoms. The Hall–Kier alpha value is -0.540. The second-order valence-electron chi connectivity index (χ2n) is 5.53. The highest BCUT2D eigenvalue weighted by molar-refractivity contribution is 6.31. The van der Waals surface area contributed by atoms with Crippen molar-refractivity contribution in [3.05, 3.63) is 16.4 Å². The summed E-state index contributed by atoms with van der Waals surface area (Å²) < 4.78 is 1.95. The van der Waals surface area contributed by atoms with E-state index in [2.05, 4.69) is 24.3 Å². The Morgan fingerprint density at radius 2 is 2.17 bits per heavy atom. The van der Waals surface area contributed by atoms with E-state index in [0.29, 0.717) is 6.04 Å². The summed E-state index contributed by atoms with van der Waals surface area (Å²) >= 11 is 6.34. The van der Waals surface area contributed by atoms with Crippen molar-refractivity contribution in [3.8, 4) is 0 Å². The molecule has 1 heterocycles. The molecule has 102 valence electrons. The first-order valence-corrected chi connectivity index (χ1v) is 7.33. The number of aromatic nitrogens is 2. The summed E-state index contributed by atoms with van der Waals surface area (Å²) in [6, 6.07) is 0.674. The lowest BCUT2D eigenvalue weighted by atomic mass is 9.91. The van der Waals surface area contributed by atoms with Gasteiger partial charge in [0.25, 0.3) is 0 Å². The van der Waals surface area contributed by atoms with Crippen LogP contribution in [0, 0.1) is 18.8 Å². The van der Waals surface area contributed by atoms with E-state index in [0.717, 1.165) is 35.5 Å². The van der Waals surface area contributed by atoms with Crippen molar-refractivity contribution < 1.29 is 0 Å². The van der Waals surface area contributed by atoms with Crippen LogP contribution in [0.3, 0.4) is 0 Å². The molecule has 3 atom stereocenters. The van der Waals surface area contributed by atoms with E-state index >= 15 is 0 Å². The van der Waals surface area contributed by atoms with Crippen molar-refractivity contribution in [2.75, 3.05) is 6.54 Å². The molecule has 0 amide bonds. The van der Waals surface area contributed by atoms with Crippen LogP contribution < -0.4 is 5.32 Å². The van der Waals surface area contributed by atoms with Gasteiger partial charge in [0.1, 0.15) is 0 Å². The minimum Gasteiger partial charge on any atom is -0.314 e. The van der Waals surface area contributed by atoms with Crippen molar-refractivity contribution >= 4 is 11.6 Å². The summed E-state index contributed by atoms with van der Waals surface area (Å²) in [5, 5.41) is 8.85. The van der Waals surface area contributed by atoms with Gasteiger partial charge in [0.15, 0.2) is 0 Å². The molecule has 1 aromatic heterocycles. The number of hydrogen-bond donors (Lipinski definition) is 1. The fourth-order valence-corrected chi connectivity index (χ4v) is 3.47. The smallest absolute Gasteiger partial charge is 0.0847 e. The zero-order valence-corrected chi connectivity index (χ0v) is 12.6. The van der Waals surface area contributed by atoms with Crippen molar-refractivity contribution in [2.45, 2.75) is 46.1 Å². The van der Waals surface area contributed by atoms with E-state index in [-0.39, 0.29) is 0 Å². The van der Waals surface area contributed by atoms with Gasteiger partial charge in [-0.15, -0.1) is 0 Å². The molecular weight excluding hydrogens is 246 g/mol. The molecule has 18 heavy (non-hydrogen) atoms. The molecule has 1 aliphatic rings. The highest BCUT2D eigenvalue weighted by Crippen LogP contribution is 2.35. The summed E-state index contributed by atoms with van der Waals surface area (Å²) in [4.78, 5) is 0. The van der Waals surface area contributed by atoms with Crippen LogP contribution in [0.5, 0.6) is 0 Å². The van der Waals surface area contributed by atoms with Gasteiger partial charge in [-0.3, -0.25) is 4.68 Å². The van der Waals surface area contributed by atoms with Crippen molar-refractivity contribution in [2.24, 2.45) is 18.9 Å². The normalized spacial score (nSPS) is 27.9. The Balaban J connectivity index is 2.06. The molecule has 2 rings (SSSR count). The fraction of sp³-hybridized carbons (Fsp3) is 0.786. The lowest BCUT2D eigenvalue weighted by Crippen LogP contribution is -2.32. The predicted octanol–water partition coefficient (Wildman–Crippen LogP) is 2.95. The maximum atomic E-state index is 6.34. The molecule has 1 fully saturated rings. The van der Waals surface area contributed by atoms with Gasteiger partial charge >= 0.3 is 0 Å². The molecule has 0 radical (unpaired) electrons. The topological polar surface area (TPSA) is 29.9 Å². The second-order valence-corrected chi connectivity index (χ2v) is 5.91. The number of nitrogens with one attached hydrogen (secondary N) is 1. The number of rotatable bonds is 4. The maximum absolute atomic E-state index is 6.34. The fourth-order valence-electron chi connectivity index (χ4n) is 3.24. The molecular formula is C14H24ClN3. The van der Waals surface area contributed by atoms with Crippen LogP contribution in [0.1, 0.15) is 38.1 Å². The minimum atomic E-state index is 0.674. The number of nitrogens with zero attached hydrogens (tertiary/aromatic N) is 2. The molecule has 0 bridgehead atoms. The van der Waals surface area contributed by atoms with E-state index in [4.69, 9.17) is 11.6 Å². The number of halogens is 1. The van der Waals surface area contributed by atoms with Gasteiger partial charge in [0, 0.05) is 13.1 Å². The van der Waals surface area contributed by atoms with Crippen molar-refractivity contribution in [1.29, 1.82) is 0 Å². The lowest BCUT2D eigenvalue weighted by molar-refractivity contribution is 0.350. The molecule has 3 unspecified atom stereocenters. The Labute approximate surface area is 115 Å². The van der Waals surface area contributed by atoms with Gasteiger partial charge < -0.3 is 5.32 Å². The van der Waals surface area contributed by atoms with Crippen LogP contribution in [0.4, 0.5) is 0 Å². The molecule has 1 aliphatic carbocycles. The third-order valence-electron chi connectivity index (χ3n) is 4.41. The minimum absolute atomic E-state index is 0.674. The Bertz CT molecular complexity index is 413. The summed E-state index contributed by atoms with van der Waals surface area (Å²) in [5.41, 5.74) is 2.14. The van der Waals surface area contributed by atoms with Crippen LogP contribution in [0.2, 0.25) is 5.02 Å². The zero-order chi connectivity index (χ0) is 13.3. The Morgan fingerprint density at radius 1 is 1.44 bits per heavy atom. The van der Waals surface area contributed by atoms with Gasteiger partial charge in [-0.05, 0) is 44.6 Å². The van der Waals surface area contributed by atoms with Gasteiger partial charge in [-0.1, -0.05) is 25.4 Å². The van der Waals surface area contributed by atoms with E-state index in [1.54, 1.807) is 0 Å². The van der Waals surface area contributed by atoms with Gasteiger partial charge in [-0.2, -0.15) is 5.10 Å². The monoisotopic (exact) mass is 269 g/mol. The highest BCUT2D eigenvalue weighted by atomic mass is 35.5. The molecule has 1 N–H and O–H groups in total. The maximum Gasteiger partial charge on any atom is 0.0847 e. The van der Waals surface area contributed by atoms with E-state index in [9.17, 15) is 0 Å². The third-order valence-corrected chi connectivity index (χ3v) is 4.90. The predicted molar refractivity (Wildman–Crippen MR) is 76.0 cm³/mol. The molecule has 0 aromatic carbocycles. The molecule has 4 heteroatoms. The van der Waals surface area contributed by atoms with Crippen LogP contribution in [-0.4, -0.2) is 22.4 Å². The average molecular weight is 270 g/mol. The van der Waals surface area contributed by atoms with E-state index < -0.39 is 0 Å². The summed E-state index contributed by atoms with van der Waals surface area (Å²) in [7, 11) is 2.00. The SMILES string of the molecule is CCNC1CCC(Cc2c(Cl)c(C)nn2C)C1C. The van der Waals surface area contributed by atoms with Crippen LogP contribution in [-0.2, 0) is 13.5 Å². The van der Waals surface area contributed by atoms with Crippen LogP contribution in [0.15, 0.2) is 0 Å². The highest BCUT2D eigenvalue weighted by Gasteiger charge is 2.33. The summed E-state index contributed by atoms with van der Waals surface area (Å²) in [5.74, 6) is 1.44. The van der Waals surface area contributed by atoms with E-state index in [1.807, 2.05) is 18.7 Å². The lowest BCUT2D eigenvalue weighted by Gasteiger charge is -2.21. The first-order valence-electron chi connectivity index (χ1n) is 6.96. The summed E-state index contributed by atoms with van der Waals surface area (Å²) in [6.07, 6.45) is 3.63. The number of hydrogen-bond acceptors (Lipinski definition) is 2. The van der Waals surface area contributed by atoms with Crippen LogP contribution >= 0.6 is 11.6 Å². The molecule has 3 nitrogen and oxygen atoms in total. The quantitative estimate of drug-likeness (QED) is 0.911. The standard InChI is InChI=1S/C14H24ClN3/c1-5-16-12-7-6-11(9(12)2)8-13-14(15)10(3)17-18(13)4/h9,11-12,16H,5-8H2,1-4H3. The largest absolute Gasteiger partial charge is 0.314 e. The first kappa shape index (κ1) is 13.9. The molecule has 0 aliphatic heterocycles. The molecule has 1 saturated carbocycles. The number of aryl methyl sites for hydroxylation is 2. The van der Waals surface area contributed by atoms with Gasteiger partial charge in [-0.25, -0.2) is 0 Å². The summed E-state index contributed by atoms with van der Waals surface area (Å²) in [6.45, 7) is 7.59. The first-order chi connectivity index (χ1) is 8.54. The third kappa shape index (κ3) is 2.57.